The van der Waals surface area contributed by atoms with Crippen LogP contribution in [0.15, 0.2) is 0 Å². The number of rotatable bonds is 4. The minimum absolute atomic E-state index is 0.341. The van der Waals surface area contributed by atoms with E-state index >= 15 is 0 Å². The average molecular weight is 185 g/mol. The summed E-state index contributed by atoms with van der Waals surface area (Å²) in [7, 11) is 0. The third kappa shape index (κ3) is 3.65. The maximum atomic E-state index is 8.75. The van der Waals surface area contributed by atoms with Gasteiger partial charge in [0, 0.05) is 19.2 Å². The van der Waals surface area contributed by atoms with Crippen LogP contribution in [0.1, 0.15) is 39.5 Å². The minimum Gasteiger partial charge on any atom is -0.396 e. The Morgan fingerprint density at radius 3 is 2.92 bits per heavy atom. The lowest BCUT2D eigenvalue weighted by Crippen LogP contribution is -2.40. The van der Waals surface area contributed by atoms with E-state index in [1.54, 1.807) is 0 Å². The normalized spacial score (nSPS) is 27.5. The number of aliphatic hydroxyl groups is 1. The summed E-state index contributed by atoms with van der Waals surface area (Å²) in [6.45, 7) is 7.48. The Hall–Kier alpha value is -0.0800. The second kappa shape index (κ2) is 5.61. The molecule has 0 unspecified atom stereocenters. The van der Waals surface area contributed by atoms with Crippen LogP contribution in [-0.2, 0) is 0 Å². The van der Waals surface area contributed by atoms with Gasteiger partial charge in [-0.3, -0.25) is 0 Å². The van der Waals surface area contributed by atoms with Crippen molar-refractivity contribution in [2.75, 3.05) is 19.7 Å². The predicted molar refractivity (Wildman–Crippen MR) is 55.8 cm³/mol. The highest BCUT2D eigenvalue weighted by molar-refractivity contribution is 4.74. The van der Waals surface area contributed by atoms with Crippen molar-refractivity contribution >= 4 is 0 Å². The van der Waals surface area contributed by atoms with Gasteiger partial charge < -0.3 is 10.0 Å². The van der Waals surface area contributed by atoms with Crippen molar-refractivity contribution in [2.24, 2.45) is 5.92 Å². The molecule has 2 nitrogen and oxygen atoms in total. The maximum Gasteiger partial charge on any atom is 0.0431 e. The van der Waals surface area contributed by atoms with Gasteiger partial charge in [0.05, 0.1) is 0 Å². The van der Waals surface area contributed by atoms with Gasteiger partial charge in [-0.2, -0.15) is 0 Å². The van der Waals surface area contributed by atoms with Gasteiger partial charge >= 0.3 is 0 Å². The topological polar surface area (TPSA) is 23.5 Å². The van der Waals surface area contributed by atoms with E-state index in [9.17, 15) is 0 Å². The van der Waals surface area contributed by atoms with Gasteiger partial charge in [-0.1, -0.05) is 6.92 Å². The standard InChI is InChI=1S/C11H23NO/c1-10-5-3-7-12(9-10)11(2)6-4-8-13/h10-11,13H,3-9H2,1-2H3/t10-,11-/m0/s1. The molecular weight excluding hydrogens is 162 g/mol. The summed E-state index contributed by atoms with van der Waals surface area (Å²) in [6, 6.07) is 0.662. The zero-order chi connectivity index (χ0) is 9.68. The summed E-state index contributed by atoms with van der Waals surface area (Å²) in [4.78, 5) is 2.57. The van der Waals surface area contributed by atoms with Crippen molar-refractivity contribution in [3.63, 3.8) is 0 Å². The fourth-order valence-electron chi connectivity index (χ4n) is 2.20. The summed E-state index contributed by atoms with van der Waals surface area (Å²) >= 11 is 0. The first kappa shape index (κ1) is 11.0. The lowest BCUT2D eigenvalue weighted by molar-refractivity contribution is 0.126. The van der Waals surface area contributed by atoms with Crippen LogP contribution >= 0.6 is 0 Å². The summed E-state index contributed by atoms with van der Waals surface area (Å²) < 4.78 is 0. The molecule has 1 aliphatic heterocycles. The minimum atomic E-state index is 0.341. The largest absolute Gasteiger partial charge is 0.396 e. The summed E-state index contributed by atoms with van der Waals surface area (Å²) in [5.41, 5.74) is 0. The van der Waals surface area contributed by atoms with E-state index in [2.05, 4.69) is 18.7 Å². The molecule has 1 rings (SSSR count). The number of hydrogen-bond donors (Lipinski definition) is 1. The Labute approximate surface area is 81.9 Å². The summed E-state index contributed by atoms with van der Waals surface area (Å²) in [5, 5.41) is 8.75. The molecule has 1 saturated heterocycles. The third-order valence-electron chi connectivity index (χ3n) is 3.09. The monoisotopic (exact) mass is 185 g/mol. The van der Waals surface area contributed by atoms with Crippen molar-refractivity contribution in [1.29, 1.82) is 0 Å². The van der Waals surface area contributed by atoms with E-state index in [1.165, 1.54) is 25.9 Å². The van der Waals surface area contributed by atoms with Crippen LogP contribution in [0, 0.1) is 5.92 Å². The molecule has 0 saturated carbocycles. The fourth-order valence-corrected chi connectivity index (χ4v) is 2.20. The van der Waals surface area contributed by atoms with Crippen LogP contribution in [-0.4, -0.2) is 35.7 Å². The number of hydrogen-bond acceptors (Lipinski definition) is 2. The molecular formula is C11H23NO. The van der Waals surface area contributed by atoms with Gasteiger partial charge in [0.25, 0.3) is 0 Å². The first-order valence-electron chi connectivity index (χ1n) is 5.59. The predicted octanol–water partition coefficient (Wildman–Crippen LogP) is 1.88. The Morgan fingerprint density at radius 2 is 2.31 bits per heavy atom. The molecule has 78 valence electrons. The molecule has 0 aromatic heterocycles. The molecule has 0 bridgehead atoms. The zero-order valence-electron chi connectivity index (χ0n) is 9.00. The molecule has 0 spiro atoms. The highest BCUT2D eigenvalue weighted by Gasteiger charge is 2.20. The smallest absolute Gasteiger partial charge is 0.0431 e. The number of nitrogens with zero attached hydrogens (tertiary/aromatic N) is 1. The van der Waals surface area contributed by atoms with E-state index in [-0.39, 0.29) is 0 Å². The van der Waals surface area contributed by atoms with E-state index < -0.39 is 0 Å². The van der Waals surface area contributed by atoms with Crippen LogP contribution in [0.25, 0.3) is 0 Å². The molecule has 1 aliphatic rings. The molecule has 13 heavy (non-hydrogen) atoms. The Balaban J connectivity index is 2.24. The van der Waals surface area contributed by atoms with Crippen LogP contribution in [0.4, 0.5) is 0 Å². The van der Waals surface area contributed by atoms with Crippen molar-refractivity contribution in [3.05, 3.63) is 0 Å². The second-order valence-electron chi connectivity index (χ2n) is 4.46. The molecule has 1 fully saturated rings. The van der Waals surface area contributed by atoms with Gasteiger partial charge in [-0.15, -0.1) is 0 Å². The molecule has 0 aromatic carbocycles. The maximum absolute atomic E-state index is 8.75. The average Bonchev–Trinajstić information content (AvgIpc) is 2.14. The number of piperidine rings is 1. The first-order valence-corrected chi connectivity index (χ1v) is 5.59. The Morgan fingerprint density at radius 1 is 1.54 bits per heavy atom. The first-order chi connectivity index (χ1) is 6.24. The summed E-state index contributed by atoms with van der Waals surface area (Å²) in [6.07, 6.45) is 4.84. The van der Waals surface area contributed by atoms with E-state index in [0.717, 1.165) is 18.8 Å². The molecule has 1 heterocycles. The van der Waals surface area contributed by atoms with Crippen LogP contribution in [0.3, 0.4) is 0 Å². The molecule has 0 aliphatic carbocycles. The van der Waals surface area contributed by atoms with Crippen molar-refractivity contribution in [1.82, 2.24) is 4.90 Å². The Bertz CT molecular complexity index is 138. The van der Waals surface area contributed by atoms with E-state index in [4.69, 9.17) is 5.11 Å². The van der Waals surface area contributed by atoms with E-state index in [0.29, 0.717) is 12.6 Å². The van der Waals surface area contributed by atoms with Crippen molar-refractivity contribution in [3.8, 4) is 0 Å². The Kier molecular flexibility index (Phi) is 4.74. The molecule has 0 aromatic rings. The van der Waals surface area contributed by atoms with Gasteiger partial charge in [-0.25, -0.2) is 0 Å². The van der Waals surface area contributed by atoms with Gasteiger partial charge in [0.2, 0.25) is 0 Å². The van der Waals surface area contributed by atoms with Gasteiger partial charge in [0.1, 0.15) is 0 Å². The SMILES string of the molecule is C[C@H]1CCCN([C@@H](C)CCCO)C1. The van der Waals surface area contributed by atoms with Crippen molar-refractivity contribution < 1.29 is 5.11 Å². The molecule has 0 amide bonds. The lowest BCUT2D eigenvalue weighted by Gasteiger charge is -2.35. The number of aliphatic hydroxyl groups excluding tert-OH is 1. The lowest BCUT2D eigenvalue weighted by atomic mass is 9.98. The molecule has 1 N–H and O–H groups in total. The molecule has 2 heteroatoms. The summed E-state index contributed by atoms with van der Waals surface area (Å²) in [5.74, 6) is 0.866. The highest BCUT2D eigenvalue weighted by atomic mass is 16.2. The molecule has 0 radical (unpaired) electrons. The number of likely N-dealkylation sites (tertiary alicyclic amines) is 1. The highest BCUT2D eigenvalue weighted by Crippen LogP contribution is 2.19. The van der Waals surface area contributed by atoms with Gasteiger partial charge in [-0.05, 0) is 45.1 Å². The van der Waals surface area contributed by atoms with Crippen LogP contribution in [0.5, 0.6) is 0 Å². The fraction of sp³-hybridized carbons (Fsp3) is 1.00. The second-order valence-corrected chi connectivity index (χ2v) is 4.46. The van der Waals surface area contributed by atoms with Gasteiger partial charge in [0.15, 0.2) is 0 Å². The molecule has 2 atom stereocenters. The third-order valence-corrected chi connectivity index (χ3v) is 3.09. The quantitative estimate of drug-likeness (QED) is 0.723. The zero-order valence-corrected chi connectivity index (χ0v) is 9.00. The van der Waals surface area contributed by atoms with Crippen LogP contribution < -0.4 is 0 Å². The van der Waals surface area contributed by atoms with Crippen LogP contribution in [0.2, 0.25) is 0 Å². The van der Waals surface area contributed by atoms with Crippen molar-refractivity contribution in [2.45, 2.75) is 45.6 Å². The van der Waals surface area contributed by atoms with E-state index in [1.807, 2.05) is 0 Å².